The van der Waals surface area contributed by atoms with Crippen molar-refractivity contribution in [3.63, 3.8) is 0 Å². The number of rotatable bonds is 5. The highest BCUT2D eigenvalue weighted by atomic mass is 32.2. The summed E-state index contributed by atoms with van der Waals surface area (Å²) >= 11 is 1.74. The van der Waals surface area contributed by atoms with E-state index in [0.717, 1.165) is 61.1 Å². The van der Waals surface area contributed by atoms with Crippen molar-refractivity contribution in [1.29, 1.82) is 0 Å². The van der Waals surface area contributed by atoms with Gasteiger partial charge in [0.1, 0.15) is 5.94 Å². The number of aromatic nitrogens is 1. The number of piperazine rings is 1. The highest BCUT2D eigenvalue weighted by Crippen LogP contribution is 2.38. The van der Waals surface area contributed by atoms with Crippen molar-refractivity contribution in [2.45, 2.75) is 19.9 Å². The van der Waals surface area contributed by atoms with Crippen LogP contribution in [0.2, 0.25) is 0 Å². The van der Waals surface area contributed by atoms with E-state index in [1.807, 2.05) is 29.2 Å². The first kappa shape index (κ1) is 21.7. The lowest BCUT2D eigenvalue weighted by Crippen LogP contribution is -2.45. The van der Waals surface area contributed by atoms with Crippen LogP contribution in [0.4, 0.5) is 5.69 Å². The van der Waals surface area contributed by atoms with Crippen molar-refractivity contribution in [1.82, 2.24) is 20.1 Å². The standard InChI is InChI=1S/C23H29N5O2S/c1-16(2)26-20-4-3-7-25-21(20)18-6-5-17(23(30)28-12-13-31-15-28)19(14-29)22(18)27-10-8-24-9-11-27/h3-7,16-17,24,26H,8-13,15H2,1-2H3. The summed E-state index contributed by atoms with van der Waals surface area (Å²) in [7, 11) is 0. The van der Waals surface area contributed by atoms with Crippen LogP contribution in [0.1, 0.15) is 19.5 Å². The first-order valence-corrected chi connectivity index (χ1v) is 12.0. The maximum Gasteiger partial charge on any atom is 0.235 e. The molecule has 0 bridgehead atoms. The normalized spacial score (nSPS) is 21.6. The van der Waals surface area contributed by atoms with Gasteiger partial charge in [-0.15, -0.1) is 11.8 Å². The fourth-order valence-electron chi connectivity index (χ4n) is 4.23. The fourth-order valence-corrected chi connectivity index (χ4v) is 5.19. The van der Waals surface area contributed by atoms with Crippen LogP contribution in [0.15, 0.2) is 41.8 Å². The molecule has 2 saturated heterocycles. The number of hydrogen-bond donors (Lipinski definition) is 2. The van der Waals surface area contributed by atoms with E-state index in [4.69, 9.17) is 0 Å². The molecule has 0 saturated carbocycles. The number of allylic oxidation sites excluding steroid dienone is 3. The Morgan fingerprint density at radius 3 is 2.81 bits per heavy atom. The molecule has 0 radical (unpaired) electrons. The van der Waals surface area contributed by atoms with Crippen molar-refractivity contribution < 1.29 is 9.59 Å². The number of amides is 1. The van der Waals surface area contributed by atoms with Crippen molar-refractivity contribution in [3.05, 3.63) is 47.4 Å². The number of nitrogens with zero attached hydrogens (tertiary/aromatic N) is 3. The average Bonchev–Trinajstić information content (AvgIpc) is 3.33. The zero-order chi connectivity index (χ0) is 21.8. The molecule has 2 fully saturated rings. The van der Waals surface area contributed by atoms with Gasteiger partial charge in [0.05, 0.1) is 34.4 Å². The van der Waals surface area contributed by atoms with Gasteiger partial charge in [-0.25, -0.2) is 4.79 Å². The molecule has 0 spiro atoms. The Balaban J connectivity index is 1.80. The molecular formula is C23H29N5O2S. The SMILES string of the molecule is CC(C)Nc1cccnc1C1=C(N2CCNCC2)C(=C=O)C(C(=O)N2CCSC2)C=C1. The van der Waals surface area contributed by atoms with E-state index in [2.05, 4.69) is 40.3 Å². The van der Waals surface area contributed by atoms with Gasteiger partial charge in [-0.05, 0) is 26.0 Å². The molecule has 2 aliphatic heterocycles. The predicted octanol–water partition coefficient (Wildman–Crippen LogP) is 2.00. The van der Waals surface area contributed by atoms with E-state index >= 15 is 0 Å². The van der Waals surface area contributed by atoms with Crippen LogP contribution in [-0.2, 0) is 9.59 Å². The maximum absolute atomic E-state index is 13.2. The molecule has 1 amide bonds. The first-order valence-electron chi connectivity index (χ1n) is 10.8. The van der Waals surface area contributed by atoms with Gasteiger partial charge < -0.3 is 20.4 Å². The second-order valence-electron chi connectivity index (χ2n) is 8.19. The minimum Gasteiger partial charge on any atom is -0.381 e. The number of nitrogens with one attached hydrogen (secondary N) is 2. The summed E-state index contributed by atoms with van der Waals surface area (Å²) in [5.41, 5.74) is 3.77. The Kier molecular flexibility index (Phi) is 6.80. The summed E-state index contributed by atoms with van der Waals surface area (Å²) in [4.78, 5) is 34.2. The van der Waals surface area contributed by atoms with Gasteiger partial charge in [0, 0.05) is 56.3 Å². The van der Waals surface area contributed by atoms with Crippen LogP contribution in [0.25, 0.3) is 5.57 Å². The van der Waals surface area contributed by atoms with Gasteiger partial charge in [0.15, 0.2) is 0 Å². The Labute approximate surface area is 187 Å². The molecule has 0 aromatic carbocycles. The largest absolute Gasteiger partial charge is 0.381 e. The maximum atomic E-state index is 13.2. The summed E-state index contributed by atoms with van der Waals surface area (Å²) in [5, 5.41) is 6.82. The second kappa shape index (κ2) is 9.73. The molecular weight excluding hydrogens is 410 g/mol. The predicted molar refractivity (Wildman–Crippen MR) is 125 cm³/mol. The number of carbonyl (C=O) groups is 1. The number of anilines is 1. The molecule has 1 aliphatic carbocycles. The van der Waals surface area contributed by atoms with Crippen LogP contribution in [-0.4, -0.2) is 77.0 Å². The van der Waals surface area contributed by atoms with Crippen LogP contribution in [0, 0.1) is 5.92 Å². The first-order chi connectivity index (χ1) is 15.1. The fraction of sp³-hybridized carbons (Fsp3) is 0.478. The lowest BCUT2D eigenvalue weighted by atomic mass is 9.85. The van der Waals surface area contributed by atoms with Crippen molar-refractivity contribution in [2.24, 2.45) is 5.92 Å². The van der Waals surface area contributed by atoms with Crippen molar-refractivity contribution in [2.75, 3.05) is 49.7 Å². The van der Waals surface area contributed by atoms with Gasteiger partial charge >= 0.3 is 0 Å². The molecule has 1 unspecified atom stereocenters. The molecule has 3 aliphatic rings. The van der Waals surface area contributed by atoms with E-state index in [9.17, 15) is 9.59 Å². The van der Waals surface area contributed by atoms with E-state index in [-0.39, 0.29) is 11.9 Å². The Bertz CT molecular complexity index is 939. The van der Waals surface area contributed by atoms with E-state index in [1.54, 1.807) is 18.0 Å². The van der Waals surface area contributed by atoms with Gasteiger partial charge in [-0.3, -0.25) is 9.78 Å². The van der Waals surface area contributed by atoms with Crippen LogP contribution >= 0.6 is 11.8 Å². The highest BCUT2D eigenvalue weighted by molar-refractivity contribution is 7.99. The monoisotopic (exact) mass is 439 g/mol. The second-order valence-corrected chi connectivity index (χ2v) is 9.26. The molecule has 164 valence electrons. The molecule has 31 heavy (non-hydrogen) atoms. The third-order valence-corrected chi connectivity index (χ3v) is 6.62. The van der Waals surface area contributed by atoms with E-state index in [1.165, 1.54) is 0 Å². The molecule has 3 heterocycles. The minimum absolute atomic E-state index is 0.0205. The quantitative estimate of drug-likeness (QED) is 0.680. The Hall–Kier alpha value is -2.54. The van der Waals surface area contributed by atoms with Gasteiger partial charge in [0.25, 0.3) is 0 Å². The number of thioether (sulfide) groups is 1. The van der Waals surface area contributed by atoms with E-state index in [0.29, 0.717) is 11.4 Å². The summed E-state index contributed by atoms with van der Waals surface area (Å²) < 4.78 is 0. The molecule has 1 aromatic rings. The zero-order valence-corrected chi connectivity index (χ0v) is 18.9. The summed E-state index contributed by atoms with van der Waals surface area (Å²) in [6.45, 7) is 8.07. The smallest absolute Gasteiger partial charge is 0.235 e. The average molecular weight is 440 g/mol. The third kappa shape index (κ3) is 4.56. The Morgan fingerprint density at radius 2 is 2.13 bits per heavy atom. The molecule has 2 N–H and O–H groups in total. The minimum atomic E-state index is -0.602. The summed E-state index contributed by atoms with van der Waals surface area (Å²) in [6.07, 6.45) is 5.58. The Morgan fingerprint density at radius 1 is 1.32 bits per heavy atom. The van der Waals surface area contributed by atoms with Crippen LogP contribution < -0.4 is 10.6 Å². The van der Waals surface area contributed by atoms with E-state index < -0.39 is 5.92 Å². The van der Waals surface area contributed by atoms with Gasteiger partial charge in [-0.2, -0.15) is 0 Å². The van der Waals surface area contributed by atoms with Crippen molar-refractivity contribution >= 4 is 34.9 Å². The molecule has 4 rings (SSSR count). The molecule has 7 nitrogen and oxygen atoms in total. The number of carbonyl (C=O) groups excluding carboxylic acids is 2. The molecule has 8 heteroatoms. The lowest BCUT2D eigenvalue weighted by molar-refractivity contribution is -0.131. The van der Waals surface area contributed by atoms with Crippen LogP contribution in [0.3, 0.4) is 0 Å². The number of hydrogen-bond acceptors (Lipinski definition) is 7. The lowest BCUT2D eigenvalue weighted by Gasteiger charge is -2.36. The molecule has 1 aromatic heterocycles. The van der Waals surface area contributed by atoms with Crippen molar-refractivity contribution in [3.8, 4) is 0 Å². The van der Waals surface area contributed by atoms with Gasteiger partial charge in [-0.1, -0.05) is 12.2 Å². The topological polar surface area (TPSA) is 77.6 Å². The van der Waals surface area contributed by atoms with Gasteiger partial charge in [0.2, 0.25) is 5.91 Å². The summed E-state index contributed by atoms with van der Waals surface area (Å²) in [6, 6.07) is 4.14. The number of pyridine rings is 1. The summed E-state index contributed by atoms with van der Waals surface area (Å²) in [5.74, 6) is 3.15. The molecule has 1 atom stereocenters. The van der Waals surface area contributed by atoms with Crippen LogP contribution in [0.5, 0.6) is 0 Å². The highest BCUT2D eigenvalue weighted by Gasteiger charge is 2.36. The zero-order valence-electron chi connectivity index (χ0n) is 18.1. The third-order valence-electron chi connectivity index (χ3n) is 5.66.